The fraction of sp³-hybridized carbons (Fsp3) is 0.647. The minimum Gasteiger partial charge on any atom is -0.378 e. The summed E-state index contributed by atoms with van der Waals surface area (Å²) in [5.41, 5.74) is 6.11. The van der Waals surface area contributed by atoms with Crippen LogP contribution in [0.2, 0.25) is 0 Å². The van der Waals surface area contributed by atoms with Gasteiger partial charge in [0.25, 0.3) is 0 Å². The van der Waals surface area contributed by atoms with E-state index in [4.69, 9.17) is 10.5 Å². The summed E-state index contributed by atoms with van der Waals surface area (Å²) in [6.45, 7) is 8.57. The van der Waals surface area contributed by atoms with Crippen molar-refractivity contribution in [2.45, 2.75) is 58.2 Å². The van der Waals surface area contributed by atoms with Gasteiger partial charge in [-0.3, -0.25) is 9.78 Å². The van der Waals surface area contributed by atoms with Gasteiger partial charge >= 0.3 is 0 Å². The number of nitrogens with one attached hydrogen (secondary N) is 1. The van der Waals surface area contributed by atoms with Crippen molar-refractivity contribution in [3.8, 4) is 0 Å². The van der Waals surface area contributed by atoms with Crippen molar-refractivity contribution in [3.63, 3.8) is 0 Å². The fourth-order valence-corrected chi connectivity index (χ4v) is 3.06. The van der Waals surface area contributed by atoms with Crippen LogP contribution in [0.4, 0.5) is 0 Å². The minimum atomic E-state index is -0.870. The Labute approximate surface area is 132 Å². The molecule has 0 saturated heterocycles. The van der Waals surface area contributed by atoms with Crippen LogP contribution in [0.15, 0.2) is 24.4 Å². The lowest BCUT2D eigenvalue weighted by Crippen LogP contribution is -2.76. The monoisotopic (exact) mass is 305 g/mol. The third-order valence-electron chi connectivity index (χ3n) is 4.85. The van der Waals surface area contributed by atoms with Gasteiger partial charge in [0.2, 0.25) is 5.91 Å². The van der Waals surface area contributed by atoms with E-state index in [0.717, 1.165) is 5.69 Å². The number of hydrogen-bond donors (Lipinski definition) is 2. The Balaban J connectivity index is 1.95. The van der Waals surface area contributed by atoms with Crippen LogP contribution in [-0.2, 0) is 16.0 Å². The normalized spacial score (nSPS) is 27.8. The summed E-state index contributed by atoms with van der Waals surface area (Å²) in [5.74, 6) is -0.100. The van der Waals surface area contributed by atoms with Crippen molar-refractivity contribution < 1.29 is 9.53 Å². The SMILES string of the molecule is CCOC1CC(N)(C(=O)NC(C)Cc2ccccn2)C1(C)C. The number of carbonyl (C=O) groups is 1. The molecule has 2 rings (SSSR count). The fourth-order valence-electron chi connectivity index (χ4n) is 3.06. The zero-order valence-corrected chi connectivity index (χ0v) is 13.9. The van der Waals surface area contributed by atoms with Gasteiger partial charge in [-0.05, 0) is 26.0 Å². The number of ether oxygens (including phenoxy) is 1. The average Bonchev–Trinajstić information content (AvgIpc) is 2.47. The second kappa shape index (κ2) is 6.34. The number of amides is 1. The molecular weight excluding hydrogens is 278 g/mol. The zero-order valence-electron chi connectivity index (χ0n) is 13.9. The Morgan fingerprint density at radius 1 is 1.55 bits per heavy atom. The molecule has 1 amide bonds. The number of hydrogen-bond acceptors (Lipinski definition) is 4. The van der Waals surface area contributed by atoms with Crippen LogP contribution in [0.5, 0.6) is 0 Å². The molecule has 1 saturated carbocycles. The van der Waals surface area contributed by atoms with Gasteiger partial charge in [-0.25, -0.2) is 0 Å². The molecule has 0 radical (unpaired) electrons. The molecule has 3 atom stereocenters. The van der Waals surface area contributed by atoms with Gasteiger partial charge < -0.3 is 15.8 Å². The van der Waals surface area contributed by atoms with Gasteiger partial charge in [-0.15, -0.1) is 0 Å². The van der Waals surface area contributed by atoms with Crippen LogP contribution in [-0.4, -0.2) is 35.2 Å². The molecule has 0 spiro atoms. The van der Waals surface area contributed by atoms with E-state index < -0.39 is 5.54 Å². The van der Waals surface area contributed by atoms with Crippen LogP contribution in [0.25, 0.3) is 0 Å². The van der Waals surface area contributed by atoms with Crippen molar-refractivity contribution in [2.24, 2.45) is 11.1 Å². The highest BCUT2D eigenvalue weighted by Crippen LogP contribution is 2.49. The van der Waals surface area contributed by atoms with E-state index in [1.54, 1.807) is 6.20 Å². The summed E-state index contributed by atoms with van der Waals surface area (Å²) in [6, 6.07) is 5.78. The van der Waals surface area contributed by atoms with Gasteiger partial charge in [-0.2, -0.15) is 0 Å². The third kappa shape index (κ3) is 3.01. The van der Waals surface area contributed by atoms with Crippen molar-refractivity contribution in [2.75, 3.05) is 6.61 Å². The standard InChI is InChI=1S/C17H27N3O2/c1-5-22-14-11-17(18,16(14,3)4)15(21)20-12(2)10-13-8-6-7-9-19-13/h6-9,12,14H,5,10-11,18H2,1-4H3,(H,20,21). The zero-order chi connectivity index (χ0) is 16.4. The summed E-state index contributed by atoms with van der Waals surface area (Å²) in [7, 11) is 0. The van der Waals surface area contributed by atoms with Crippen LogP contribution in [0.1, 0.15) is 39.8 Å². The summed E-state index contributed by atoms with van der Waals surface area (Å²) in [5, 5.41) is 3.03. The number of pyridine rings is 1. The van der Waals surface area contributed by atoms with E-state index >= 15 is 0 Å². The van der Waals surface area contributed by atoms with Crippen LogP contribution < -0.4 is 11.1 Å². The Hall–Kier alpha value is -1.46. The molecule has 1 aromatic heterocycles. The van der Waals surface area contributed by atoms with Crippen LogP contribution in [0, 0.1) is 5.41 Å². The Bertz CT molecular complexity index is 518. The highest BCUT2D eigenvalue weighted by molar-refractivity contribution is 5.89. The average molecular weight is 305 g/mol. The largest absolute Gasteiger partial charge is 0.378 e. The molecule has 1 aliphatic carbocycles. The van der Waals surface area contributed by atoms with E-state index in [-0.39, 0.29) is 23.5 Å². The molecule has 3 N–H and O–H groups in total. The van der Waals surface area contributed by atoms with Crippen LogP contribution in [0.3, 0.4) is 0 Å². The Morgan fingerprint density at radius 3 is 2.82 bits per heavy atom. The smallest absolute Gasteiger partial charge is 0.241 e. The molecular formula is C17H27N3O2. The quantitative estimate of drug-likeness (QED) is 0.838. The van der Waals surface area contributed by atoms with E-state index in [2.05, 4.69) is 10.3 Å². The number of aromatic nitrogens is 1. The summed E-state index contributed by atoms with van der Waals surface area (Å²) in [6.07, 6.45) is 3.06. The molecule has 1 fully saturated rings. The maximum absolute atomic E-state index is 12.6. The van der Waals surface area contributed by atoms with Crippen LogP contribution >= 0.6 is 0 Å². The lowest BCUT2D eigenvalue weighted by atomic mass is 9.54. The molecule has 1 aliphatic rings. The number of rotatable bonds is 6. The molecule has 3 unspecified atom stereocenters. The molecule has 122 valence electrons. The van der Waals surface area contributed by atoms with Crippen molar-refractivity contribution in [3.05, 3.63) is 30.1 Å². The second-order valence-electron chi connectivity index (χ2n) is 6.74. The van der Waals surface area contributed by atoms with E-state index in [1.165, 1.54) is 0 Å². The Kier molecular flexibility index (Phi) is 4.87. The summed E-state index contributed by atoms with van der Waals surface area (Å²) in [4.78, 5) is 16.9. The minimum absolute atomic E-state index is 0.00947. The van der Waals surface area contributed by atoms with Crippen molar-refractivity contribution >= 4 is 5.91 Å². The highest BCUT2D eigenvalue weighted by Gasteiger charge is 2.62. The molecule has 1 heterocycles. The molecule has 0 bridgehead atoms. The Morgan fingerprint density at radius 2 is 2.27 bits per heavy atom. The predicted molar refractivity (Wildman–Crippen MR) is 86.3 cm³/mol. The number of carbonyl (C=O) groups excluding carboxylic acids is 1. The first-order valence-corrected chi connectivity index (χ1v) is 7.92. The lowest BCUT2D eigenvalue weighted by Gasteiger charge is -2.57. The van der Waals surface area contributed by atoms with Gasteiger partial charge in [-0.1, -0.05) is 19.9 Å². The number of nitrogens with zero attached hydrogens (tertiary/aromatic N) is 1. The summed E-state index contributed by atoms with van der Waals surface area (Å²) < 4.78 is 5.67. The maximum atomic E-state index is 12.6. The first-order chi connectivity index (χ1) is 10.3. The first-order valence-electron chi connectivity index (χ1n) is 7.92. The highest BCUT2D eigenvalue weighted by atomic mass is 16.5. The molecule has 5 nitrogen and oxygen atoms in total. The summed E-state index contributed by atoms with van der Waals surface area (Å²) >= 11 is 0. The molecule has 5 heteroatoms. The molecule has 0 aromatic carbocycles. The van der Waals surface area contributed by atoms with Gasteiger partial charge in [0.15, 0.2) is 0 Å². The topological polar surface area (TPSA) is 77.2 Å². The number of nitrogens with two attached hydrogens (primary N) is 1. The van der Waals surface area contributed by atoms with E-state index in [9.17, 15) is 4.79 Å². The second-order valence-corrected chi connectivity index (χ2v) is 6.74. The third-order valence-corrected chi connectivity index (χ3v) is 4.85. The van der Waals surface area contributed by atoms with Gasteiger partial charge in [0, 0.05) is 42.8 Å². The first kappa shape index (κ1) is 16.9. The van der Waals surface area contributed by atoms with E-state index in [0.29, 0.717) is 19.4 Å². The molecule has 0 aliphatic heterocycles. The molecule has 1 aromatic rings. The predicted octanol–water partition coefficient (Wildman–Crippen LogP) is 1.66. The van der Waals surface area contributed by atoms with Crippen molar-refractivity contribution in [1.82, 2.24) is 10.3 Å². The van der Waals surface area contributed by atoms with Crippen molar-refractivity contribution in [1.29, 1.82) is 0 Å². The lowest BCUT2D eigenvalue weighted by molar-refractivity contribution is -0.171. The van der Waals surface area contributed by atoms with Gasteiger partial charge in [0.05, 0.1) is 6.10 Å². The molecule has 22 heavy (non-hydrogen) atoms. The van der Waals surface area contributed by atoms with E-state index in [1.807, 2.05) is 45.9 Å². The van der Waals surface area contributed by atoms with Gasteiger partial charge in [0.1, 0.15) is 5.54 Å². The maximum Gasteiger partial charge on any atom is 0.241 e.